The van der Waals surface area contributed by atoms with Gasteiger partial charge in [-0.2, -0.15) is 0 Å². The van der Waals surface area contributed by atoms with Crippen LogP contribution in [0.25, 0.3) is 16.6 Å². The molecule has 0 spiro atoms. The lowest BCUT2D eigenvalue weighted by Gasteiger charge is -2.19. The molecule has 3 aromatic rings. The summed E-state index contributed by atoms with van der Waals surface area (Å²) in [4.78, 5) is 18.4. The van der Waals surface area contributed by atoms with Crippen LogP contribution in [0, 0.1) is 5.41 Å². The largest absolute Gasteiger partial charge is 0.509 e. The number of nitrogens with zero attached hydrogens (tertiary/aromatic N) is 3. The number of benzene rings is 2. The summed E-state index contributed by atoms with van der Waals surface area (Å²) in [6.45, 7) is 6.47. The Morgan fingerprint density at radius 2 is 1.90 bits per heavy atom. The highest BCUT2D eigenvalue weighted by Crippen LogP contribution is 2.32. The lowest BCUT2D eigenvalue weighted by Crippen LogP contribution is -2.26. The van der Waals surface area contributed by atoms with Crippen molar-refractivity contribution in [3.63, 3.8) is 0 Å². The Balaban J connectivity index is 1.64. The first-order valence-electron chi connectivity index (χ1n) is 9.96. The number of aromatic nitrogens is 2. The fourth-order valence-electron chi connectivity index (χ4n) is 3.68. The van der Waals surface area contributed by atoms with E-state index in [2.05, 4.69) is 4.98 Å². The van der Waals surface area contributed by atoms with Crippen molar-refractivity contribution in [3.05, 3.63) is 65.7 Å². The summed E-state index contributed by atoms with van der Waals surface area (Å²) in [6.07, 6.45) is -0.189. The van der Waals surface area contributed by atoms with E-state index in [4.69, 9.17) is 10.1 Å². The Morgan fingerprint density at radius 3 is 2.57 bits per heavy atom. The van der Waals surface area contributed by atoms with Gasteiger partial charge in [0.15, 0.2) is 0 Å². The predicted molar refractivity (Wildman–Crippen MR) is 117 cm³/mol. The third-order valence-corrected chi connectivity index (χ3v) is 5.05. The summed E-state index contributed by atoms with van der Waals surface area (Å²) in [5.74, 6) is 0.482. The molecule has 1 aliphatic rings. The molecule has 0 saturated carbocycles. The number of aryl methyl sites for hydroxylation is 1. The monoisotopic (exact) mass is 404 g/mol. The Labute approximate surface area is 174 Å². The van der Waals surface area contributed by atoms with Crippen LogP contribution in [0.4, 0.5) is 5.69 Å². The molecule has 2 N–H and O–H groups in total. The number of aliphatic hydroxyl groups excluding tert-OH is 1. The van der Waals surface area contributed by atoms with Gasteiger partial charge in [-0.3, -0.25) is 5.41 Å². The zero-order valence-corrected chi connectivity index (χ0v) is 17.2. The molecule has 1 aliphatic heterocycles. The number of anilines is 1. The minimum atomic E-state index is -0.383. The molecule has 154 valence electrons. The van der Waals surface area contributed by atoms with E-state index in [9.17, 15) is 9.90 Å². The van der Waals surface area contributed by atoms with Gasteiger partial charge in [0.05, 0.1) is 34.8 Å². The van der Waals surface area contributed by atoms with E-state index in [1.807, 2.05) is 35.8 Å². The topological polar surface area (TPSA) is 91.4 Å². The molecule has 0 radical (unpaired) electrons. The van der Waals surface area contributed by atoms with Gasteiger partial charge in [0.2, 0.25) is 0 Å². The second-order valence-corrected chi connectivity index (χ2v) is 7.43. The molecule has 30 heavy (non-hydrogen) atoms. The number of para-hydroxylation sites is 2. The Bertz CT molecular complexity index is 1160. The molecule has 0 saturated heterocycles. The van der Waals surface area contributed by atoms with E-state index in [1.54, 1.807) is 43.0 Å². The van der Waals surface area contributed by atoms with Crippen molar-refractivity contribution in [2.75, 3.05) is 11.4 Å². The van der Waals surface area contributed by atoms with E-state index >= 15 is 0 Å². The number of nitrogens with one attached hydrogen (secondary N) is 1. The predicted octanol–water partition coefficient (Wildman–Crippen LogP) is 4.39. The summed E-state index contributed by atoms with van der Waals surface area (Å²) in [5.41, 5.74) is 3.38. The SMILES string of the molecule is CCn1c(C2=C(O)CN(c3ccc(C(=O)OC(C)C)cc3)C2=N)nc2ccccc21. The minimum absolute atomic E-state index is 0.105. The third-order valence-electron chi connectivity index (χ3n) is 5.05. The van der Waals surface area contributed by atoms with Gasteiger partial charge < -0.3 is 19.3 Å². The Kier molecular flexibility index (Phi) is 5.03. The number of amidine groups is 1. The van der Waals surface area contributed by atoms with Crippen LogP contribution in [0.15, 0.2) is 54.3 Å². The van der Waals surface area contributed by atoms with Gasteiger partial charge in [-0.05, 0) is 57.2 Å². The van der Waals surface area contributed by atoms with Crippen molar-refractivity contribution in [2.24, 2.45) is 0 Å². The van der Waals surface area contributed by atoms with Crippen LogP contribution in [0.3, 0.4) is 0 Å². The summed E-state index contributed by atoms with van der Waals surface area (Å²) >= 11 is 0. The van der Waals surface area contributed by atoms with Crippen molar-refractivity contribution < 1.29 is 14.6 Å². The van der Waals surface area contributed by atoms with E-state index in [-0.39, 0.29) is 30.2 Å². The van der Waals surface area contributed by atoms with Crippen molar-refractivity contribution in [3.8, 4) is 0 Å². The van der Waals surface area contributed by atoms with Crippen molar-refractivity contribution in [1.82, 2.24) is 9.55 Å². The number of ether oxygens (including phenoxy) is 1. The number of rotatable bonds is 5. The number of imidazole rings is 1. The molecule has 0 atom stereocenters. The summed E-state index contributed by atoms with van der Waals surface area (Å²) < 4.78 is 7.22. The van der Waals surface area contributed by atoms with E-state index in [1.165, 1.54) is 0 Å². The number of fused-ring (bicyclic) bond motifs is 1. The molecule has 0 amide bonds. The molecule has 7 heteroatoms. The summed E-state index contributed by atoms with van der Waals surface area (Å²) in [6, 6.07) is 14.6. The first kappa shape index (κ1) is 19.7. The van der Waals surface area contributed by atoms with Crippen LogP contribution >= 0.6 is 0 Å². The van der Waals surface area contributed by atoms with Gasteiger partial charge in [0.1, 0.15) is 17.4 Å². The smallest absolute Gasteiger partial charge is 0.338 e. The second kappa shape index (κ2) is 7.67. The van der Waals surface area contributed by atoms with E-state index < -0.39 is 0 Å². The molecule has 0 unspecified atom stereocenters. The summed E-state index contributed by atoms with van der Waals surface area (Å²) in [7, 11) is 0. The van der Waals surface area contributed by atoms with Gasteiger partial charge in [-0.1, -0.05) is 12.1 Å². The highest BCUT2D eigenvalue weighted by atomic mass is 16.5. The van der Waals surface area contributed by atoms with Crippen LogP contribution in [0.5, 0.6) is 0 Å². The second-order valence-electron chi connectivity index (χ2n) is 7.43. The van der Waals surface area contributed by atoms with Crippen LogP contribution < -0.4 is 4.90 Å². The number of hydrogen-bond acceptors (Lipinski definition) is 5. The van der Waals surface area contributed by atoms with Crippen LogP contribution in [-0.2, 0) is 11.3 Å². The van der Waals surface area contributed by atoms with Crippen molar-refractivity contribution in [2.45, 2.75) is 33.4 Å². The molecule has 4 rings (SSSR count). The molecule has 1 aromatic heterocycles. The number of esters is 1. The fourth-order valence-corrected chi connectivity index (χ4v) is 3.68. The third kappa shape index (κ3) is 3.32. The molecule has 0 fully saturated rings. The average molecular weight is 404 g/mol. The molecule has 0 aliphatic carbocycles. The number of carbonyl (C=O) groups excluding carboxylic acids is 1. The van der Waals surface area contributed by atoms with E-state index in [0.717, 1.165) is 11.0 Å². The average Bonchev–Trinajstić information content (AvgIpc) is 3.23. The van der Waals surface area contributed by atoms with Gasteiger partial charge in [0.25, 0.3) is 0 Å². The fraction of sp³-hybridized carbons (Fsp3) is 0.261. The van der Waals surface area contributed by atoms with Gasteiger partial charge in [-0.25, -0.2) is 9.78 Å². The summed E-state index contributed by atoms with van der Waals surface area (Å²) in [5, 5.41) is 19.4. The maximum atomic E-state index is 12.1. The maximum Gasteiger partial charge on any atom is 0.338 e. The van der Waals surface area contributed by atoms with Gasteiger partial charge in [0, 0.05) is 12.2 Å². The number of carbonyl (C=O) groups is 1. The molecule has 7 nitrogen and oxygen atoms in total. The van der Waals surface area contributed by atoms with E-state index in [0.29, 0.717) is 29.2 Å². The Morgan fingerprint density at radius 1 is 1.20 bits per heavy atom. The van der Waals surface area contributed by atoms with Crippen LogP contribution in [0.1, 0.15) is 37.0 Å². The molecular weight excluding hydrogens is 380 g/mol. The number of hydrogen-bond donors (Lipinski definition) is 2. The minimum Gasteiger partial charge on any atom is -0.509 e. The first-order valence-corrected chi connectivity index (χ1v) is 9.96. The highest BCUT2D eigenvalue weighted by Gasteiger charge is 2.32. The molecule has 2 heterocycles. The standard InChI is InChI=1S/C23H24N4O3/c1-4-26-18-8-6-5-7-17(18)25-22(26)20-19(28)13-27(21(20)24)16-11-9-15(10-12-16)23(29)30-14(2)3/h5-12,14,24,28H,4,13H2,1-3H3. The first-order chi connectivity index (χ1) is 14.4. The maximum absolute atomic E-state index is 12.1. The van der Waals surface area contributed by atoms with Crippen molar-refractivity contribution >= 4 is 34.1 Å². The molecular formula is C23H24N4O3. The van der Waals surface area contributed by atoms with Gasteiger partial charge in [-0.15, -0.1) is 0 Å². The van der Waals surface area contributed by atoms with Crippen LogP contribution in [0.2, 0.25) is 0 Å². The zero-order chi connectivity index (χ0) is 21.4. The van der Waals surface area contributed by atoms with Crippen LogP contribution in [-0.4, -0.2) is 39.1 Å². The van der Waals surface area contributed by atoms with Gasteiger partial charge >= 0.3 is 5.97 Å². The zero-order valence-electron chi connectivity index (χ0n) is 17.2. The lowest BCUT2D eigenvalue weighted by molar-refractivity contribution is 0.0378. The highest BCUT2D eigenvalue weighted by molar-refractivity contribution is 6.30. The normalized spacial score (nSPS) is 14.3. The number of aliphatic hydroxyl groups is 1. The Hall–Kier alpha value is -3.61. The quantitative estimate of drug-likeness (QED) is 0.616. The van der Waals surface area contributed by atoms with Crippen molar-refractivity contribution in [1.29, 1.82) is 5.41 Å². The molecule has 2 aromatic carbocycles. The molecule has 0 bridgehead atoms. The lowest BCUT2D eigenvalue weighted by atomic mass is 10.2.